The van der Waals surface area contributed by atoms with E-state index in [-0.39, 0.29) is 5.97 Å². The summed E-state index contributed by atoms with van der Waals surface area (Å²) < 4.78 is 22.0. The van der Waals surface area contributed by atoms with Crippen molar-refractivity contribution in [2.45, 2.75) is 0 Å². The molecule has 0 amide bonds. The molecular formula is C32H30N2O5. The molecule has 198 valence electrons. The summed E-state index contributed by atoms with van der Waals surface area (Å²) in [6.45, 7) is 0.879. The Hall–Kier alpha value is -4.91. The van der Waals surface area contributed by atoms with E-state index in [1.807, 2.05) is 54.6 Å². The average molecular weight is 523 g/mol. The molecule has 5 rings (SSSR count). The lowest BCUT2D eigenvalue weighted by atomic mass is 10.1. The van der Waals surface area contributed by atoms with Gasteiger partial charge in [0.15, 0.2) is 11.5 Å². The molecule has 39 heavy (non-hydrogen) atoms. The number of anilines is 1. The zero-order chi connectivity index (χ0) is 27.2. The van der Waals surface area contributed by atoms with Gasteiger partial charge in [0.05, 0.1) is 32.4 Å². The molecule has 2 N–H and O–H groups in total. The Morgan fingerprint density at radius 1 is 0.821 bits per heavy atom. The van der Waals surface area contributed by atoms with Gasteiger partial charge in [0.25, 0.3) is 0 Å². The summed E-state index contributed by atoms with van der Waals surface area (Å²) in [4.78, 5) is 15.3. The molecule has 0 spiro atoms. The van der Waals surface area contributed by atoms with Crippen molar-refractivity contribution in [3.8, 4) is 17.2 Å². The number of carbonyl (C=O) groups is 1. The quantitative estimate of drug-likeness (QED) is 0.199. The van der Waals surface area contributed by atoms with Gasteiger partial charge in [-0.25, -0.2) is 4.79 Å². The van der Waals surface area contributed by atoms with E-state index < -0.39 is 0 Å². The van der Waals surface area contributed by atoms with E-state index in [4.69, 9.17) is 18.9 Å². The van der Waals surface area contributed by atoms with Crippen molar-refractivity contribution in [1.82, 2.24) is 4.98 Å². The largest absolute Gasteiger partial charge is 0.493 e. The SMILES string of the molecule is COC(=O)c1ccc(C=C(CNc2ccc(OC)c(OC)c2)COc2cccc3c2[nH]c2ccccc23)cc1. The Morgan fingerprint density at radius 2 is 1.59 bits per heavy atom. The third kappa shape index (κ3) is 5.67. The molecule has 1 aromatic heterocycles. The highest BCUT2D eigenvalue weighted by Gasteiger charge is 2.11. The second kappa shape index (κ2) is 11.6. The summed E-state index contributed by atoms with van der Waals surface area (Å²) in [7, 11) is 4.60. The highest BCUT2D eigenvalue weighted by Crippen LogP contribution is 2.32. The monoisotopic (exact) mass is 522 g/mol. The molecule has 0 saturated heterocycles. The number of methoxy groups -OCH3 is 3. The van der Waals surface area contributed by atoms with Crippen molar-refractivity contribution in [3.63, 3.8) is 0 Å². The maximum Gasteiger partial charge on any atom is 0.337 e. The van der Waals surface area contributed by atoms with Crippen LogP contribution in [0, 0.1) is 0 Å². The molecule has 0 aliphatic heterocycles. The highest BCUT2D eigenvalue weighted by molar-refractivity contribution is 6.09. The fraction of sp³-hybridized carbons (Fsp3) is 0.156. The maximum absolute atomic E-state index is 11.8. The molecule has 5 aromatic rings. The molecule has 7 heteroatoms. The predicted molar refractivity (Wildman–Crippen MR) is 155 cm³/mol. The normalized spacial score (nSPS) is 11.4. The maximum atomic E-state index is 11.8. The van der Waals surface area contributed by atoms with E-state index >= 15 is 0 Å². The number of ether oxygens (including phenoxy) is 4. The van der Waals surface area contributed by atoms with Crippen molar-refractivity contribution >= 4 is 39.5 Å². The van der Waals surface area contributed by atoms with E-state index in [9.17, 15) is 4.79 Å². The van der Waals surface area contributed by atoms with Crippen LogP contribution >= 0.6 is 0 Å². The van der Waals surface area contributed by atoms with Gasteiger partial charge in [-0.3, -0.25) is 0 Å². The van der Waals surface area contributed by atoms with Crippen LogP contribution in [0.3, 0.4) is 0 Å². The molecule has 0 radical (unpaired) electrons. The first-order valence-electron chi connectivity index (χ1n) is 12.6. The number of aromatic nitrogens is 1. The van der Waals surface area contributed by atoms with Crippen molar-refractivity contribution in [2.75, 3.05) is 39.8 Å². The zero-order valence-electron chi connectivity index (χ0n) is 22.1. The summed E-state index contributed by atoms with van der Waals surface area (Å²) in [6, 6.07) is 27.3. The van der Waals surface area contributed by atoms with Crippen molar-refractivity contribution < 1.29 is 23.7 Å². The van der Waals surface area contributed by atoms with Gasteiger partial charge in [0.1, 0.15) is 12.4 Å². The van der Waals surface area contributed by atoms with Crippen LogP contribution in [0.5, 0.6) is 17.2 Å². The van der Waals surface area contributed by atoms with Gasteiger partial charge in [-0.15, -0.1) is 0 Å². The molecule has 0 aliphatic carbocycles. The molecule has 1 heterocycles. The van der Waals surface area contributed by atoms with Crippen molar-refractivity contribution in [3.05, 3.63) is 102 Å². The van der Waals surface area contributed by atoms with Gasteiger partial charge < -0.3 is 29.2 Å². The number of aromatic amines is 1. The van der Waals surface area contributed by atoms with E-state index in [0.29, 0.717) is 30.2 Å². The zero-order valence-corrected chi connectivity index (χ0v) is 22.1. The van der Waals surface area contributed by atoms with Crippen LogP contribution in [0.15, 0.2) is 90.5 Å². The lowest BCUT2D eigenvalue weighted by Gasteiger charge is -2.15. The van der Waals surface area contributed by atoms with Gasteiger partial charge >= 0.3 is 5.97 Å². The number of H-pyrrole nitrogens is 1. The summed E-state index contributed by atoms with van der Waals surface area (Å²) in [5.41, 5.74) is 5.37. The number of rotatable bonds is 10. The van der Waals surface area contributed by atoms with Gasteiger partial charge in [-0.2, -0.15) is 0 Å². The fourth-order valence-corrected chi connectivity index (χ4v) is 4.51. The summed E-state index contributed by atoms with van der Waals surface area (Å²) >= 11 is 0. The topological polar surface area (TPSA) is 81.8 Å². The average Bonchev–Trinajstić information content (AvgIpc) is 3.37. The molecule has 0 fully saturated rings. The van der Waals surface area contributed by atoms with Gasteiger partial charge in [0, 0.05) is 34.6 Å². The summed E-state index contributed by atoms with van der Waals surface area (Å²) in [5, 5.41) is 5.74. The third-order valence-electron chi connectivity index (χ3n) is 6.52. The third-order valence-corrected chi connectivity index (χ3v) is 6.52. The van der Waals surface area contributed by atoms with Crippen LogP contribution in [-0.4, -0.2) is 45.4 Å². The number of nitrogens with one attached hydrogen (secondary N) is 2. The Morgan fingerprint density at radius 3 is 2.36 bits per heavy atom. The minimum Gasteiger partial charge on any atom is -0.493 e. The molecule has 0 bridgehead atoms. The lowest BCUT2D eigenvalue weighted by Crippen LogP contribution is -2.12. The van der Waals surface area contributed by atoms with Crippen LogP contribution in [0.25, 0.3) is 27.9 Å². The summed E-state index contributed by atoms with van der Waals surface area (Å²) in [6.07, 6.45) is 2.06. The lowest BCUT2D eigenvalue weighted by molar-refractivity contribution is 0.0600. The van der Waals surface area contributed by atoms with Gasteiger partial charge in [-0.1, -0.05) is 48.5 Å². The van der Waals surface area contributed by atoms with E-state index in [1.54, 1.807) is 26.4 Å². The fourth-order valence-electron chi connectivity index (χ4n) is 4.51. The molecule has 4 aromatic carbocycles. The van der Waals surface area contributed by atoms with Crippen molar-refractivity contribution in [2.24, 2.45) is 0 Å². The number of benzene rings is 4. The van der Waals surface area contributed by atoms with Crippen LogP contribution in [0.4, 0.5) is 5.69 Å². The Balaban J connectivity index is 1.41. The first-order chi connectivity index (χ1) is 19.1. The summed E-state index contributed by atoms with van der Waals surface area (Å²) in [5.74, 6) is 1.73. The van der Waals surface area contributed by atoms with E-state index in [0.717, 1.165) is 44.4 Å². The van der Waals surface area contributed by atoms with Gasteiger partial charge in [0.2, 0.25) is 0 Å². The Kier molecular flexibility index (Phi) is 7.68. The van der Waals surface area contributed by atoms with Crippen LogP contribution in [0.1, 0.15) is 15.9 Å². The number of para-hydroxylation sites is 2. The molecule has 0 aliphatic rings. The predicted octanol–water partition coefficient (Wildman–Crippen LogP) is 6.70. The Bertz CT molecular complexity index is 1640. The second-order valence-electron chi connectivity index (χ2n) is 8.98. The molecular weight excluding hydrogens is 492 g/mol. The Labute approximate surface area is 227 Å². The number of esters is 1. The van der Waals surface area contributed by atoms with Crippen LogP contribution in [-0.2, 0) is 4.74 Å². The van der Waals surface area contributed by atoms with Crippen LogP contribution in [0.2, 0.25) is 0 Å². The first-order valence-corrected chi connectivity index (χ1v) is 12.6. The first kappa shape index (κ1) is 25.7. The highest BCUT2D eigenvalue weighted by atomic mass is 16.5. The second-order valence-corrected chi connectivity index (χ2v) is 8.98. The smallest absolute Gasteiger partial charge is 0.337 e. The standard InChI is InChI=1S/C32H30N2O5/c1-36-28-16-15-24(18-30(28)37-2)33-19-22(17-21-11-13-23(14-12-21)32(35)38-3)20-39-29-10-6-8-26-25-7-4-5-9-27(25)34-31(26)29/h4-18,33-34H,19-20H2,1-3H3. The molecule has 0 unspecified atom stereocenters. The van der Waals surface area contributed by atoms with Gasteiger partial charge in [-0.05, 0) is 47.5 Å². The molecule has 0 saturated carbocycles. The number of hydrogen-bond acceptors (Lipinski definition) is 6. The molecule has 7 nitrogen and oxygen atoms in total. The van der Waals surface area contributed by atoms with E-state index in [2.05, 4.69) is 34.6 Å². The van der Waals surface area contributed by atoms with Crippen molar-refractivity contribution in [1.29, 1.82) is 0 Å². The molecule has 0 atom stereocenters. The number of hydrogen-bond donors (Lipinski definition) is 2. The minimum absolute atomic E-state index is 0.355. The number of carbonyl (C=O) groups excluding carboxylic acids is 1. The minimum atomic E-state index is -0.365. The number of fused-ring (bicyclic) bond motifs is 3. The van der Waals surface area contributed by atoms with Crippen LogP contribution < -0.4 is 19.5 Å². The van der Waals surface area contributed by atoms with E-state index in [1.165, 1.54) is 7.11 Å².